The highest BCUT2D eigenvalue weighted by Crippen LogP contribution is 2.21. The van der Waals surface area contributed by atoms with E-state index in [1.807, 2.05) is 0 Å². The van der Waals surface area contributed by atoms with Gasteiger partial charge in [-0.05, 0) is 45.4 Å². The number of ketones is 1. The van der Waals surface area contributed by atoms with Crippen LogP contribution in [-0.2, 0) is 14.3 Å². The van der Waals surface area contributed by atoms with E-state index in [0.29, 0.717) is 11.9 Å². The normalized spacial score (nSPS) is 13.4. The Morgan fingerprint density at radius 3 is 1.96 bits per heavy atom. The average molecular weight is 399 g/mol. The van der Waals surface area contributed by atoms with Gasteiger partial charge >= 0.3 is 5.97 Å². The van der Waals surface area contributed by atoms with Crippen molar-refractivity contribution in [1.29, 1.82) is 0 Å². The summed E-state index contributed by atoms with van der Waals surface area (Å²) in [6.45, 7) is 7.04. The molecule has 4 heteroatoms. The second kappa shape index (κ2) is 19.4. The number of rotatable bonds is 21. The molecule has 2 unspecified atom stereocenters. The third-order valence-corrected chi connectivity index (χ3v) is 5.58. The molecule has 0 amide bonds. The van der Waals surface area contributed by atoms with Crippen molar-refractivity contribution in [2.45, 2.75) is 130 Å². The third-order valence-electron chi connectivity index (χ3n) is 5.58. The van der Waals surface area contributed by atoms with Crippen molar-refractivity contribution in [3.8, 4) is 0 Å². The molecule has 0 saturated carbocycles. The minimum atomic E-state index is -0.716. The Morgan fingerprint density at radius 1 is 0.750 bits per heavy atom. The van der Waals surface area contributed by atoms with Crippen molar-refractivity contribution in [3.63, 3.8) is 0 Å². The van der Waals surface area contributed by atoms with E-state index in [2.05, 4.69) is 13.8 Å². The average Bonchev–Trinajstić information content (AvgIpc) is 2.65. The predicted octanol–water partition coefficient (Wildman–Crippen LogP) is 6.94. The highest BCUT2D eigenvalue weighted by Gasteiger charge is 2.16. The van der Waals surface area contributed by atoms with Gasteiger partial charge in [0.2, 0.25) is 0 Å². The monoisotopic (exact) mass is 398 g/mol. The Morgan fingerprint density at radius 2 is 1.32 bits per heavy atom. The van der Waals surface area contributed by atoms with Crippen molar-refractivity contribution >= 4 is 11.8 Å². The topological polar surface area (TPSA) is 63.6 Å². The molecular weight excluding hydrogens is 352 g/mol. The van der Waals surface area contributed by atoms with Crippen LogP contribution in [0.4, 0.5) is 0 Å². The minimum Gasteiger partial charge on any atom is -0.481 e. The summed E-state index contributed by atoms with van der Waals surface area (Å²) in [5.41, 5.74) is 0. The quantitative estimate of drug-likeness (QED) is 0.213. The highest BCUT2D eigenvalue weighted by atomic mass is 16.5. The molecule has 0 saturated heterocycles. The highest BCUT2D eigenvalue weighted by molar-refractivity contribution is 5.78. The number of unbranched alkanes of at least 4 members (excludes halogenated alkanes) is 7. The Labute approximate surface area is 173 Å². The molecule has 0 aliphatic rings. The first kappa shape index (κ1) is 27.1. The van der Waals surface area contributed by atoms with Crippen LogP contribution in [0.25, 0.3) is 0 Å². The summed E-state index contributed by atoms with van der Waals surface area (Å²) >= 11 is 0. The molecule has 0 radical (unpaired) electrons. The number of carbonyl (C=O) groups is 2. The summed E-state index contributed by atoms with van der Waals surface area (Å²) in [4.78, 5) is 22.5. The SMILES string of the molecule is CCCCCOC(CCCCC)CCCC(CCCCCCC(=O)O)C(C)=O. The number of carbonyl (C=O) groups excluding carboxylic acids is 1. The maximum Gasteiger partial charge on any atom is 0.303 e. The van der Waals surface area contributed by atoms with Gasteiger partial charge in [0.05, 0.1) is 6.10 Å². The van der Waals surface area contributed by atoms with Gasteiger partial charge in [0.25, 0.3) is 0 Å². The maximum atomic E-state index is 12.0. The van der Waals surface area contributed by atoms with E-state index >= 15 is 0 Å². The second-order valence-corrected chi connectivity index (χ2v) is 8.28. The van der Waals surface area contributed by atoms with Crippen LogP contribution in [0.2, 0.25) is 0 Å². The van der Waals surface area contributed by atoms with Gasteiger partial charge in [-0.25, -0.2) is 0 Å². The fourth-order valence-corrected chi connectivity index (χ4v) is 3.70. The molecular formula is C24H46O4. The number of hydrogen-bond donors (Lipinski definition) is 1. The molecule has 0 fully saturated rings. The predicted molar refractivity (Wildman–Crippen MR) is 117 cm³/mol. The molecule has 28 heavy (non-hydrogen) atoms. The van der Waals surface area contributed by atoms with Crippen molar-refractivity contribution < 1.29 is 19.4 Å². The molecule has 0 aromatic carbocycles. The number of carboxylic acid groups (broad SMARTS) is 1. The van der Waals surface area contributed by atoms with Gasteiger partial charge in [-0.15, -0.1) is 0 Å². The summed E-state index contributed by atoms with van der Waals surface area (Å²) in [5, 5.41) is 8.67. The van der Waals surface area contributed by atoms with E-state index in [1.165, 1.54) is 32.1 Å². The van der Waals surface area contributed by atoms with Crippen LogP contribution in [-0.4, -0.2) is 29.6 Å². The first-order valence-corrected chi connectivity index (χ1v) is 11.8. The largest absolute Gasteiger partial charge is 0.481 e. The van der Waals surface area contributed by atoms with Crippen LogP contribution < -0.4 is 0 Å². The van der Waals surface area contributed by atoms with Crippen LogP contribution in [0.1, 0.15) is 124 Å². The lowest BCUT2D eigenvalue weighted by molar-refractivity contribution is -0.137. The van der Waals surface area contributed by atoms with Crippen molar-refractivity contribution in [1.82, 2.24) is 0 Å². The standard InChI is InChI=1S/C24H46O4/c1-4-6-10-17-23(28-20-13-7-5-2)18-14-16-22(21(3)25)15-11-8-9-12-19-24(26)27/h22-23H,4-20H2,1-3H3,(H,26,27). The fraction of sp³-hybridized carbons (Fsp3) is 0.917. The first-order valence-electron chi connectivity index (χ1n) is 11.8. The van der Waals surface area contributed by atoms with Gasteiger partial charge in [-0.1, -0.05) is 71.6 Å². The van der Waals surface area contributed by atoms with Crippen LogP contribution in [0, 0.1) is 5.92 Å². The van der Waals surface area contributed by atoms with Crippen molar-refractivity contribution in [3.05, 3.63) is 0 Å². The summed E-state index contributed by atoms with van der Waals surface area (Å²) in [5.74, 6) is -0.250. The van der Waals surface area contributed by atoms with Crippen LogP contribution in [0.5, 0.6) is 0 Å². The van der Waals surface area contributed by atoms with Gasteiger partial charge in [0, 0.05) is 18.9 Å². The molecule has 0 aromatic heterocycles. The smallest absolute Gasteiger partial charge is 0.303 e. The molecule has 0 rings (SSSR count). The van der Waals surface area contributed by atoms with Gasteiger partial charge in [-0.2, -0.15) is 0 Å². The third kappa shape index (κ3) is 17.2. The second-order valence-electron chi connectivity index (χ2n) is 8.28. The molecule has 2 atom stereocenters. The molecule has 166 valence electrons. The summed E-state index contributed by atoms with van der Waals surface area (Å²) < 4.78 is 6.14. The van der Waals surface area contributed by atoms with Crippen LogP contribution in [0.3, 0.4) is 0 Å². The molecule has 1 N–H and O–H groups in total. The fourth-order valence-electron chi connectivity index (χ4n) is 3.70. The first-order chi connectivity index (χ1) is 13.5. The molecule has 4 nitrogen and oxygen atoms in total. The minimum absolute atomic E-state index is 0.163. The van der Waals surface area contributed by atoms with E-state index in [1.54, 1.807) is 6.92 Å². The Hall–Kier alpha value is -0.900. The van der Waals surface area contributed by atoms with E-state index in [0.717, 1.165) is 70.8 Å². The maximum absolute atomic E-state index is 12.0. The molecule has 0 spiro atoms. The van der Waals surface area contributed by atoms with E-state index in [4.69, 9.17) is 9.84 Å². The number of aliphatic carboxylic acids is 1. The number of hydrogen-bond acceptors (Lipinski definition) is 3. The van der Waals surface area contributed by atoms with Gasteiger partial charge in [-0.3, -0.25) is 9.59 Å². The molecule has 0 heterocycles. The Bertz CT molecular complexity index is 381. The lowest BCUT2D eigenvalue weighted by Crippen LogP contribution is -2.16. The molecule has 0 bridgehead atoms. The molecule has 0 aromatic rings. The van der Waals surface area contributed by atoms with Crippen LogP contribution in [0.15, 0.2) is 0 Å². The molecule has 0 aliphatic heterocycles. The summed E-state index contributed by atoms with van der Waals surface area (Å²) in [6.07, 6.45) is 16.9. The zero-order valence-corrected chi connectivity index (χ0v) is 18.8. The van der Waals surface area contributed by atoms with E-state index < -0.39 is 5.97 Å². The zero-order chi connectivity index (χ0) is 21.0. The van der Waals surface area contributed by atoms with Gasteiger partial charge < -0.3 is 9.84 Å². The number of Topliss-reactive ketones (excluding diaryl/α,β-unsaturated/α-hetero) is 1. The van der Waals surface area contributed by atoms with E-state index in [9.17, 15) is 9.59 Å². The van der Waals surface area contributed by atoms with Gasteiger partial charge in [0.1, 0.15) is 5.78 Å². The van der Waals surface area contributed by atoms with Gasteiger partial charge in [0.15, 0.2) is 0 Å². The molecule has 0 aliphatic carbocycles. The Balaban J connectivity index is 4.10. The van der Waals surface area contributed by atoms with Crippen molar-refractivity contribution in [2.75, 3.05) is 6.61 Å². The van der Waals surface area contributed by atoms with E-state index in [-0.39, 0.29) is 12.3 Å². The summed E-state index contributed by atoms with van der Waals surface area (Å²) in [6, 6.07) is 0. The van der Waals surface area contributed by atoms with Crippen molar-refractivity contribution in [2.24, 2.45) is 5.92 Å². The zero-order valence-electron chi connectivity index (χ0n) is 18.8. The van der Waals surface area contributed by atoms with Crippen LogP contribution >= 0.6 is 0 Å². The number of carboxylic acids is 1. The summed E-state index contributed by atoms with van der Waals surface area (Å²) in [7, 11) is 0. The number of ether oxygens (including phenoxy) is 1. The lowest BCUT2D eigenvalue weighted by atomic mass is 9.91. The Kier molecular flexibility index (Phi) is 18.8. The lowest BCUT2D eigenvalue weighted by Gasteiger charge is -2.20.